The van der Waals surface area contributed by atoms with E-state index in [-0.39, 0.29) is 30.5 Å². The second-order valence-electron chi connectivity index (χ2n) is 6.41. The van der Waals surface area contributed by atoms with Crippen molar-refractivity contribution in [3.05, 3.63) is 23.3 Å². The summed E-state index contributed by atoms with van der Waals surface area (Å²) in [5.74, 6) is 1.60. The van der Waals surface area contributed by atoms with Gasteiger partial charge in [-0.3, -0.25) is 4.79 Å². The quantitative estimate of drug-likeness (QED) is 0.799. The van der Waals surface area contributed by atoms with E-state index in [2.05, 4.69) is 5.32 Å². The lowest BCUT2D eigenvalue weighted by atomic mass is 10.1. The fourth-order valence-electron chi connectivity index (χ4n) is 3.28. The number of hydrogen-bond donors (Lipinski definition) is 2. The van der Waals surface area contributed by atoms with Gasteiger partial charge in [-0.2, -0.15) is 0 Å². The molecule has 3 atom stereocenters. The van der Waals surface area contributed by atoms with Crippen LogP contribution < -0.4 is 20.5 Å². The van der Waals surface area contributed by atoms with E-state index in [1.54, 1.807) is 0 Å². The van der Waals surface area contributed by atoms with Gasteiger partial charge in [0.15, 0.2) is 0 Å². The molecule has 7 heteroatoms. The molecule has 3 N–H and O–H groups in total. The van der Waals surface area contributed by atoms with Crippen LogP contribution in [0.1, 0.15) is 37.8 Å². The highest BCUT2D eigenvalue weighted by Crippen LogP contribution is 2.35. The average Bonchev–Trinajstić information content (AvgIpc) is 3.17. The van der Waals surface area contributed by atoms with Crippen LogP contribution in [0.5, 0.6) is 11.5 Å². The third kappa shape index (κ3) is 4.57. The van der Waals surface area contributed by atoms with Gasteiger partial charge in [-0.25, -0.2) is 0 Å². The smallest absolute Gasteiger partial charge is 0.249 e. The van der Waals surface area contributed by atoms with Crippen LogP contribution in [0, 0.1) is 0 Å². The summed E-state index contributed by atoms with van der Waals surface area (Å²) in [7, 11) is 0. The molecule has 25 heavy (non-hydrogen) atoms. The second-order valence-corrected chi connectivity index (χ2v) is 6.41. The molecular weight excluding hydrogens is 344 g/mol. The van der Waals surface area contributed by atoms with Crippen molar-refractivity contribution in [3.63, 3.8) is 0 Å². The molecule has 2 aliphatic heterocycles. The van der Waals surface area contributed by atoms with Crippen LogP contribution in [0.2, 0.25) is 0 Å². The second kappa shape index (κ2) is 8.74. The molecular formula is C18H27ClN2O4. The summed E-state index contributed by atoms with van der Waals surface area (Å²) in [6, 6.07) is 4.00. The zero-order chi connectivity index (χ0) is 17.1. The predicted molar refractivity (Wildman–Crippen MR) is 97.4 cm³/mol. The molecule has 0 spiro atoms. The van der Waals surface area contributed by atoms with Crippen LogP contribution in [-0.4, -0.2) is 37.4 Å². The van der Waals surface area contributed by atoms with Crippen molar-refractivity contribution >= 4 is 18.3 Å². The van der Waals surface area contributed by atoms with Gasteiger partial charge in [-0.15, -0.1) is 12.4 Å². The highest BCUT2D eigenvalue weighted by atomic mass is 35.5. The van der Waals surface area contributed by atoms with E-state index in [4.69, 9.17) is 19.9 Å². The first-order valence-electron chi connectivity index (χ1n) is 8.69. The molecule has 140 valence electrons. The van der Waals surface area contributed by atoms with Crippen molar-refractivity contribution in [2.45, 2.75) is 58.0 Å². The lowest BCUT2D eigenvalue weighted by Crippen LogP contribution is -2.35. The Bertz CT molecular complexity index is 611. The van der Waals surface area contributed by atoms with Gasteiger partial charge in [0.1, 0.15) is 23.7 Å². The van der Waals surface area contributed by atoms with Gasteiger partial charge in [0.2, 0.25) is 5.91 Å². The summed E-state index contributed by atoms with van der Waals surface area (Å²) < 4.78 is 17.2. The first kappa shape index (κ1) is 19.8. The normalized spacial score (nSPS) is 24.2. The van der Waals surface area contributed by atoms with Crippen molar-refractivity contribution in [2.24, 2.45) is 5.73 Å². The number of nitrogens with two attached hydrogens (primary N) is 1. The highest BCUT2D eigenvalue weighted by Gasteiger charge is 2.30. The van der Waals surface area contributed by atoms with Gasteiger partial charge >= 0.3 is 0 Å². The number of benzene rings is 1. The minimum atomic E-state index is -0.403. The molecule has 2 heterocycles. The van der Waals surface area contributed by atoms with E-state index < -0.39 is 6.10 Å². The molecule has 0 bridgehead atoms. The molecule has 2 aliphatic rings. The lowest BCUT2D eigenvalue weighted by molar-refractivity contribution is -0.132. The number of amides is 1. The molecule has 6 nitrogen and oxygen atoms in total. The summed E-state index contributed by atoms with van der Waals surface area (Å²) in [5.41, 5.74) is 7.67. The Hall–Kier alpha value is -1.50. The molecule has 1 fully saturated rings. The van der Waals surface area contributed by atoms with Crippen LogP contribution >= 0.6 is 12.4 Å². The Kier molecular flexibility index (Phi) is 6.93. The maximum absolute atomic E-state index is 12.3. The number of hydrogen-bond acceptors (Lipinski definition) is 5. The monoisotopic (exact) mass is 370 g/mol. The largest absolute Gasteiger partial charge is 0.494 e. The van der Waals surface area contributed by atoms with Crippen molar-refractivity contribution in [2.75, 3.05) is 13.2 Å². The maximum Gasteiger partial charge on any atom is 0.249 e. The molecule has 3 rings (SSSR count). The molecule has 0 saturated carbocycles. The van der Waals surface area contributed by atoms with Gasteiger partial charge in [0, 0.05) is 30.6 Å². The van der Waals surface area contributed by atoms with Crippen LogP contribution in [0.25, 0.3) is 0 Å². The van der Waals surface area contributed by atoms with Crippen molar-refractivity contribution in [1.29, 1.82) is 0 Å². The molecule has 1 amide bonds. The summed E-state index contributed by atoms with van der Waals surface area (Å²) in [4.78, 5) is 12.3. The first-order chi connectivity index (χ1) is 11.6. The van der Waals surface area contributed by atoms with Crippen LogP contribution in [0.4, 0.5) is 0 Å². The molecule has 0 aliphatic carbocycles. The predicted octanol–water partition coefficient (Wildman–Crippen LogP) is 1.95. The molecule has 0 aromatic heterocycles. The van der Waals surface area contributed by atoms with Gasteiger partial charge in [0.05, 0.1) is 12.7 Å². The zero-order valence-electron chi connectivity index (χ0n) is 14.7. The number of nitrogens with one attached hydrogen (secondary N) is 1. The van der Waals surface area contributed by atoms with E-state index in [0.717, 1.165) is 41.9 Å². The highest BCUT2D eigenvalue weighted by molar-refractivity contribution is 5.85. The fraction of sp³-hybridized carbons (Fsp3) is 0.611. The summed E-state index contributed by atoms with van der Waals surface area (Å²) in [6.45, 7) is 5.44. The lowest BCUT2D eigenvalue weighted by Gasteiger charge is -2.15. The summed E-state index contributed by atoms with van der Waals surface area (Å²) >= 11 is 0. The van der Waals surface area contributed by atoms with Gasteiger partial charge < -0.3 is 25.3 Å². The van der Waals surface area contributed by atoms with E-state index in [1.165, 1.54) is 0 Å². The number of halogens is 1. The Morgan fingerprint density at radius 3 is 2.88 bits per heavy atom. The SMILES string of the molecule is CCOc1cc2c(cc1CNC(=O)[C@@H]1CC[C@H](CN)O1)OC(C)C2.Cl. The fourth-order valence-corrected chi connectivity index (χ4v) is 3.28. The van der Waals surface area contributed by atoms with Gasteiger partial charge in [-0.05, 0) is 38.8 Å². The molecule has 1 aromatic rings. The number of rotatable bonds is 6. The third-order valence-corrected chi connectivity index (χ3v) is 4.49. The van der Waals surface area contributed by atoms with Crippen LogP contribution in [-0.2, 0) is 22.5 Å². The third-order valence-electron chi connectivity index (χ3n) is 4.49. The number of carbonyl (C=O) groups is 1. The average molecular weight is 371 g/mol. The zero-order valence-corrected chi connectivity index (χ0v) is 15.6. The van der Waals surface area contributed by atoms with E-state index in [0.29, 0.717) is 19.7 Å². The summed E-state index contributed by atoms with van der Waals surface area (Å²) in [5, 5.41) is 2.95. The number of fused-ring (bicyclic) bond motifs is 1. The first-order valence-corrected chi connectivity index (χ1v) is 8.69. The minimum absolute atomic E-state index is 0. The minimum Gasteiger partial charge on any atom is -0.494 e. The van der Waals surface area contributed by atoms with Crippen molar-refractivity contribution < 1.29 is 19.0 Å². The molecule has 1 saturated heterocycles. The number of carbonyl (C=O) groups excluding carboxylic acids is 1. The van der Waals surface area contributed by atoms with E-state index >= 15 is 0 Å². The Labute approximate surface area is 154 Å². The van der Waals surface area contributed by atoms with Crippen molar-refractivity contribution in [3.8, 4) is 11.5 Å². The van der Waals surface area contributed by atoms with Crippen molar-refractivity contribution in [1.82, 2.24) is 5.32 Å². The number of ether oxygens (including phenoxy) is 3. The molecule has 1 unspecified atom stereocenters. The van der Waals surface area contributed by atoms with Gasteiger partial charge in [-0.1, -0.05) is 0 Å². The Balaban J connectivity index is 0.00000225. The van der Waals surface area contributed by atoms with E-state index in [1.807, 2.05) is 26.0 Å². The maximum atomic E-state index is 12.3. The Morgan fingerprint density at radius 2 is 2.20 bits per heavy atom. The van der Waals surface area contributed by atoms with Crippen LogP contribution in [0.3, 0.4) is 0 Å². The standard InChI is InChI=1S/C18H26N2O4.ClH/c1-3-22-16-7-12-6-11(2)23-17(12)8-13(16)10-20-18(21)15-5-4-14(9-19)24-15;/h7-8,11,14-15H,3-6,9-10,19H2,1-2H3,(H,20,21);1H/t11?,14-,15+;/m1./s1. The Morgan fingerprint density at radius 1 is 1.40 bits per heavy atom. The van der Waals surface area contributed by atoms with Gasteiger partial charge in [0.25, 0.3) is 0 Å². The summed E-state index contributed by atoms with van der Waals surface area (Å²) in [6.07, 6.45) is 2.22. The molecule has 0 radical (unpaired) electrons. The van der Waals surface area contributed by atoms with E-state index in [9.17, 15) is 4.79 Å². The molecule has 1 aromatic carbocycles. The van der Waals surface area contributed by atoms with Crippen LogP contribution in [0.15, 0.2) is 12.1 Å². The topological polar surface area (TPSA) is 82.8 Å².